The number of carbonyl (C=O) groups excluding carboxylic acids is 2. The molecule has 1 aliphatic heterocycles. The molecular weight excluding hydrogens is 352 g/mol. The van der Waals surface area contributed by atoms with Gasteiger partial charge in [-0.15, -0.1) is 11.6 Å². The van der Waals surface area contributed by atoms with E-state index >= 15 is 0 Å². The third kappa shape index (κ3) is 5.21. The number of nitrogens with zero attached hydrogens (tertiary/aromatic N) is 1. The molecule has 5 nitrogen and oxygen atoms in total. The Morgan fingerprint density at radius 1 is 1.23 bits per heavy atom. The van der Waals surface area contributed by atoms with Crippen LogP contribution in [0, 0.1) is 0 Å². The van der Waals surface area contributed by atoms with Gasteiger partial charge in [-0.3, -0.25) is 9.59 Å². The first kappa shape index (κ1) is 19.2. The van der Waals surface area contributed by atoms with Crippen LogP contribution in [0.15, 0.2) is 18.2 Å². The zero-order valence-electron chi connectivity index (χ0n) is 15.1. The summed E-state index contributed by atoms with van der Waals surface area (Å²) in [4.78, 5) is 26.0. The van der Waals surface area contributed by atoms with Gasteiger partial charge in [0.1, 0.15) is 5.88 Å². The van der Waals surface area contributed by atoms with Crippen molar-refractivity contribution in [1.82, 2.24) is 10.2 Å². The maximum absolute atomic E-state index is 12.2. The molecule has 3 rings (SSSR count). The second-order valence-corrected chi connectivity index (χ2v) is 7.42. The van der Waals surface area contributed by atoms with Crippen LogP contribution < -0.4 is 5.32 Å². The summed E-state index contributed by atoms with van der Waals surface area (Å²) in [6, 6.07) is 6.55. The van der Waals surface area contributed by atoms with Crippen LogP contribution in [0.25, 0.3) is 0 Å². The molecule has 0 unspecified atom stereocenters. The molecule has 0 radical (unpaired) electrons. The third-order valence-electron chi connectivity index (χ3n) is 5.21. The zero-order valence-corrected chi connectivity index (χ0v) is 15.9. The number of halogens is 1. The van der Waals surface area contributed by atoms with Crippen molar-refractivity contribution in [3.8, 4) is 0 Å². The highest BCUT2D eigenvalue weighted by Gasteiger charge is 2.19. The number of carbonyl (C=O) groups is 2. The zero-order chi connectivity index (χ0) is 18.4. The molecule has 2 amide bonds. The number of rotatable bonds is 7. The molecule has 0 bridgehead atoms. The van der Waals surface area contributed by atoms with Crippen molar-refractivity contribution in [3.63, 3.8) is 0 Å². The minimum absolute atomic E-state index is 0.0202. The predicted octanol–water partition coefficient (Wildman–Crippen LogP) is 2.78. The van der Waals surface area contributed by atoms with Crippen molar-refractivity contribution in [2.75, 3.05) is 19.0 Å². The van der Waals surface area contributed by atoms with Gasteiger partial charge < -0.3 is 15.0 Å². The fraction of sp³-hybridized carbons (Fsp3) is 0.600. The average molecular weight is 379 g/mol. The van der Waals surface area contributed by atoms with Crippen LogP contribution in [-0.4, -0.2) is 41.8 Å². The van der Waals surface area contributed by atoms with Crippen LogP contribution in [0.3, 0.4) is 0 Å². The molecule has 142 valence electrons. The van der Waals surface area contributed by atoms with Crippen molar-refractivity contribution in [1.29, 1.82) is 0 Å². The van der Waals surface area contributed by atoms with E-state index in [0.29, 0.717) is 32.2 Å². The fourth-order valence-electron chi connectivity index (χ4n) is 3.72. The van der Waals surface area contributed by atoms with Crippen molar-refractivity contribution in [2.24, 2.45) is 0 Å². The molecule has 1 aromatic carbocycles. The molecule has 0 spiro atoms. The van der Waals surface area contributed by atoms with Crippen LogP contribution in [0.1, 0.15) is 48.8 Å². The van der Waals surface area contributed by atoms with Gasteiger partial charge in [0.15, 0.2) is 0 Å². The van der Waals surface area contributed by atoms with E-state index < -0.39 is 0 Å². The monoisotopic (exact) mass is 378 g/mol. The quantitative estimate of drug-likeness (QED) is 0.742. The first-order valence-electron chi connectivity index (χ1n) is 9.47. The number of alkyl halides is 1. The number of fused-ring (bicyclic) bond motifs is 1. The lowest BCUT2D eigenvalue weighted by Crippen LogP contribution is -2.38. The molecule has 1 aliphatic carbocycles. The van der Waals surface area contributed by atoms with Crippen molar-refractivity contribution >= 4 is 23.4 Å². The highest BCUT2D eigenvalue weighted by Crippen LogP contribution is 2.20. The predicted molar refractivity (Wildman–Crippen MR) is 101 cm³/mol. The smallest absolute Gasteiger partial charge is 0.237 e. The summed E-state index contributed by atoms with van der Waals surface area (Å²) in [5.41, 5.74) is 3.57. The molecule has 0 aromatic heterocycles. The molecule has 1 fully saturated rings. The summed E-state index contributed by atoms with van der Waals surface area (Å²) in [6.45, 7) is 2.27. The first-order chi connectivity index (χ1) is 12.7. The summed E-state index contributed by atoms with van der Waals surface area (Å²) in [7, 11) is 0. The van der Waals surface area contributed by atoms with E-state index in [2.05, 4.69) is 17.4 Å². The van der Waals surface area contributed by atoms with Gasteiger partial charge in [0.05, 0.1) is 13.2 Å². The molecule has 0 atom stereocenters. The van der Waals surface area contributed by atoms with Gasteiger partial charge in [-0.05, 0) is 36.0 Å². The van der Waals surface area contributed by atoms with Gasteiger partial charge in [-0.2, -0.15) is 0 Å². The molecule has 0 saturated heterocycles. The Balaban J connectivity index is 1.57. The largest absolute Gasteiger partial charge is 0.376 e. The second-order valence-electron chi connectivity index (χ2n) is 7.15. The molecule has 2 aliphatic rings. The lowest BCUT2D eigenvalue weighted by atomic mass is 10.00. The topological polar surface area (TPSA) is 58.6 Å². The Kier molecular flexibility index (Phi) is 6.92. The molecule has 6 heteroatoms. The Bertz CT molecular complexity index is 644. The van der Waals surface area contributed by atoms with Gasteiger partial charge in [0, 0.05) is 25.6 Å². The molecular formula is C20H27ClN2O3. The van der Waals surface area contributed by atoms with E-state index in [1.165, 1.54) is 24.0 Å². The Hall–Kier alpha value is -1.59. The van der Waals surface area contributed by atoms with E-state index in [1.54, 1.807) is 4.90 Å². The third-order valence-corrected chi connectivity index (χ3v) is 5.44. The normalized spacial score (nSPS) is 17.0. The van der Waals surface area contributed by atoms with Gasteiger partial charge >= 0.3 is 0 Å². The van der Waals surface area contributed by atoms with Gasteiger partial charge in [0.2, 0.25) is 11.8 Å². The lowest BCUT2D eigenvalue weighted by Gasteiger charge is -2.24. The summed E-state index contributed by atoms with van der Waals surface area (Å²) in [5, 5.41) is 3.07. The number of benzene rings is 1. The summed E-state index contributed by atoms with van der Waals surface area (Å²) >= 11 is 5.77. The minimum Gasteiger partial charge on any atom is -0.376 e. The SMILES string of the molecule is O=C(CCN(Cc1ccc2c(c1)CCOC2)C(=O)CCl)NC1CCCC1. The van der Waals surface area contributed by atoms with Gasteiger partial charge in [0.25, 0.3) is 0 Å². The van der Waals surface area contributed by atoms with Gasteiger partial charge in [-0.1, -0.05) is 31.0 Å². The summed E-state index contributed by atoms with van der Waals surface area (Å²) in [5.74, 6) is -0.184. The molecule has 1 aromatic rings. The highest BCUT2D eigenvalue weighted by atomic mass is 35.5. The first-order valence-corrected chi connectivity index (χ1v) is 10.0. The van der Waals surface area contributed by atoms with E-state index in [4.69, 9.17) is 16.3 Å². The van der Waals surface area contributed by atoms with E-state index in [0.717, 1.165) is 31.4 Å². The van der Waals surface area contributed by atoms with Crippen molar-refractivity contribution in [3.05, 3.63) is 34.9 Å². The summed E-state index contributed by atoms with van der Waals surface area (Å²) in [6.07, 6.45) is 5.72. The van der Waals surface area contributed by atoms with Crippen LogP contribution in [-0.2, 0) is 33.9 Å². The standard InChI is InChI=1S/C20H27ClN2O3/c21-12-20(25)23(9-7-19(24)22-18-3-1-2-4-18)13-15-5-6-17-14-26-10-8-16(17)11-15/h5-6,11,18H,1-4,7-10,12-14H2,(H,22,24). The number of amides is 2. The fourth-order valence-corrected chi connectivity index (χ4v) is 3.89. The molecule has 1 N–H and O–H groups in total. The van der Waals surface area contributed by atoms with Crippen molar-refractivity contribution < 1.29 is 14.3 Å². The van der Waals surface area contributed by atoms with Gasteiger partial charge in [-0.25, -0.2) is 0 Å². The Morgan fingerprint density at radius 3 is 2.81 bits per heavy atom. The van der Waals surface area contributed by atoms with Crippen LogP contribution in [0.4, 0.5) is 0 Å². The number of hydrogen-bond donors (Lipinski definition) is 1. The Morgan fingerprint density at radius 2 is 2.04 bits per heavy atom. The number of ether oxygens (including phenoxy) is 1. The minimum atomic E-state index is -0.138. The lowest BCUT2D eigenvalue weighted by molar-refractivity contribution is -0.130. The van der Waals surface area contributed by atoms with Crippen LogP contribution in [0.5, 0.6) is 0 Å². The maximum Gasteiger partial charge on any atom is 0.237 e. The van der Waals surface area contributed by atoms with E-state index in [-0.39, 0.29) is 17.7 Å². The number of nitrogens with one attached hydrogen (secondary N) is 1. The van der Waals surface area contributed by atoms with Crippen LogP contribution >= 0.6 is 11.6 Å². The molecule has 26 heavy (non-hydrogen) atoms. The number of hydrogen-bond acceptors (Lipinski definition) is 3. The van der Waals surface area contributed by atoms with E-state index in [1.807, 2.05) is 6.07 Å². The highest BCUT2D eigenvalue weighted by molar-refractivity contribution is 6.27. The maximum atomic E-state index is 12.2. The average Bonchev–Trinajstić information content (AvgIpc) is 3.17. The van der Waals surface area contributed by atoms with Crippen LogP contribution in [0.2, 0.25) is 0 Å². The second kappa shape index (κ2) is 9.38. The van der Waals surface area contributed by atoms with Crippen molar-refractivity contribution in [2.45, 2.75) is 57.7 Å². The molecule has 1 heterocycles. The van der Waals surface area contributed by atoms with E-state index in [9.17, 15) is 9.59 Å². The Labute approximate surface area is 160 Å². The summed E-state index contributed by atoms with van der Waals surface area (Å²) < 4.78 is 5.47. The molecule has 1 saturated carbocycles.